The third kappa shape index (κ3) is 5.29. The highest BCUT2D eigenvalue weighted by atomic mass is 19.1. The first kappa shape index (κ1) is 14.1. The fourth-order valence-electron chi connectivity index (χ4n) is 1.64. The monoisotopic (exact) mass is 238 g/mol. The van der Waals surface area contributed by atoms with Crippen LogP contribution in [0.5, 0.6) is 0 Å². The maximum absolute atomic E-state index is 13.4. The summed E-state index contributed by atoms with van der Waals surface area (Å²) >= 11 is 0. The Labute approximate surface area is 104 Å². The highest BCUT2D eigenvalue weighted by Crippen LogP contribution is 2.08. The Morgan fingerprint density at radius 2 is 2.06 bits per heavy atom. The van der Waals surface area contributed by atoms with Crippen molar-refractivity contribution in [1.29, 1.82) is 0 Å². The molecule has 1 unspecified atom stereocenters. The molecule has 1 rings (SSSR count). The number of rotatable bonds is 7. The minimum atomic E-state index is -0.116. The number of nitrogens with zero attached hydrogens (tertiary/aromatic N) is 1. The molecule has 0 amide bonds. The average Bonchev–Trinajstić information content (AvgIpc) is 2.32. The summed E-state index contributed by atoms with van der Waals surface area (Å²) in [7, 11) is 2.02. The third-order valence-electron chi connectivity index (χ3n) is 3.00. The SMILES string of the molecule is CCC(C)NCCN(C)Cc1ccccc1F. The maximum Gasteiger partial charge on any atom is 0.127 e. The van der Waals surface area contributed by atoms with E-state index < -0.39 is 0 Å². The van der Waals surface area contributed by atoms with Crippen LogP contribution in [0.25, 0.3) is 0 Å². The predicted molar refractivity (Wildman–Crippen MR) is 70.5 cm³/mol. The van der Waals surface area contributed by atoms with Gasteiger partial charge in [0.15, 0.2) is 0 Å². The Bertz CT molecular complexity index is 328. The predicted octanol–water partition coefficient (Wildman–Crippen LogP) is 2.65. The molecule has 0 aliphatic heterocycles. The Hall–Kier alpha value is -0.930. The number of nitrogens with one attached hydrogen (secondary N) is 1. The molecule has 1 N–H and O–H groups in total. The number of likely N-dealkylation sites (N-methyl/N-ethyl adjacent to an activating group) is 1. The molecular weight excluding hydrogens is 215 g/mol. The van der Waals surface area contributed by atoms with E-state index in [-0.39, 0.29) is 5.82 Å². The number of hydrogen-bond acceptors (Lipinski definition) is 2. The van der Waals surface area contributed by atoms with E-state index in [4.69, 9.17) is 0 Å². The molecular formula is C14H23FN2. The smallest absolute Gasteiger partial charge is 0.127 e. The van der Waals surface area contributed by atoms with E-state index >= 15 is 0 Å². The summed E-state index contributed by atoms with van der Waals surface area (Å²) in [6, 6.07) is 7.51. The highest BCUT2D eigenvalue weighted by Gasteiger charge is 2.05. The van der Waals surface area contributed by atoms with Gasteiger partial charge in [-0.25, -0.2) is 4.39 Å². The van der Waals surface area contributed by atoms with Crippen LogP contribution in [0.1, 0.15) is 25.8 Å². The molecule has 96 valence electrons. The van der Waals surface area contributed by atoms with Gasteiger partial charge in [-0.1, -0.05) is 25.1 Å². The van der Waals surface area contributed by atoms with E-state index in [0.717, 1.165) is 25.1 Å². The lowest BCUT2D eigenvalue weighted by Gasteiger charge is -2.19. The van der Waals surface area contributed by atoms with Crippen LogP contribution in [0.2, 0.25) is 0 Å². The molecule has 0 fully saturated rings. The number of halogens is 1. The Kier molecular flexibility index (Phi) is 6.16. The molecule has 0 saturated carbocycles. The van der Waals surface area contributed by atoms with E-state index in [2.05, 4.69) is 24.1 Å². The van der Waals surface area contributed by atoms with Gasteiger partial charge in [-0.2, -0.15) is 0 Å². The number of hydrogen-bond donors (Lipinski definition) is 1. The molecule has 0 aliphatic carbocycles. The third-order valence-corrected chi connectivity index (χ3v) is 3.00. The Balaban J connectivity index is 2.30. The zero-order valence-electron chi connectivity index (χ0n) is 11.0. The van der Waals surface area contributed by atoms with Crippen LogP contribution in [-0.4, -0.2) is 31.1 Å². The van der Waals surface area contributed by atoms with Crippen molar-refractivity contribution in [2.75, 3.05) is 20.1 Å². The standard InChI is InChI=1S/C14H23FN2/c1-4-12(2)16-9-10-17(3)11-13-7-5-6-8-14(13)15/h5-8,12,16H,4,9-11H2,1-3H3. The molecule has 0 saturated heterocycles. The van der Waals surface area contributed by atoms with Crippen LogP contribution in [0.4, 0.5) is 4.39 Å². The first-order chi connectivity index (χ1) is 8.13. The molecule has 0 bridgehead atoms. The van der Waals surface area contributed by atoms with Gasteiger partial charge < -0.3 is 10.2 Å². The van der Waals surface area contributed by atoms with E-state index in [0.29, 0.717) is 12.6 Å². The Morgan fingerprint density at radius 3 is 2.71 bits per heavy atom. The molecule has 3 heteroatoms. The van der Waals surface area contributed by atoms with E-state index in [1.165, 1.54) is 6.07 Å². The van der Waals surface area contributed by atoms with E-state index in [1.54, 1.807) is 6.07 Å². The second-order valence-electron chi connectivity index (χ2n) is 4.59. The molecule has 0 aliphatic rings. The normalized spacial score (nSPS) is 13.0. The van der Waals surface area contributed by atoms with Gasteiger partial charge in [-0.15, -0.1) is 0 Å². The molecule has 1 aromatic rings. The van der Waals surface area contributed by atoms with Crippen LogP contribution in [0.3, 0.4) is 0 Å². The van der Waals surface area contributed by atoms with Gasteiger partial charge >= 0.3 is 0 Å². The summed E-state index contributed by atoms with van der Waals surface area (Å²) in [4.78, 5) is 2.13. The summed E-state index contributed by atoms with van der Waals surface area (Å²) in [5.74, 6) is -0.116. The summed E-state index contributed by atoms with van der Waals surface area (Å²) in [5, 5.41) is 3.43. The van der Waals surface area contributed by atoms with Crippen molar-refractivity contribution in [3.63, 3.8) is 0 Å². The molecule has 0 spiro atoms. The van der Waals surface area contributed by atoms with Crippen molar-refractivity contribution in [2.24, 2.45) is 0 Å². The lowest BCUT2D eigenvalue weighted by Crippen LogP contribution is -2.33. The summed E-state index contributed by atoms with van der Waals surface area (Å²) in [6.45, 7) is 6.88. The van der Waals surface area contributed by atoms with Crippen molar-refractivity contribution >= 4 is 0 Å². The van der Waals surface area contributed by atoms with Crippen molar-refractivity contribution in [3.8, 4) is 0 Å². The fourth-order valence-corrected chi connectivity index (χ4v) is 1.64. The van der Waals surface area contributed by atoms with Gasteiger partial charge in [0, 0.05) is 31.2 Å². The van der Waals surface area contributed by atoms with Gasteiger partial charge in [-0.05, 0) is 26.5 Å². The quantitative estimate of drug-likeness (QED) is 0.785. The topological polar surface area (TPSA) is 15.3 Å². The van der Waals surface area contributed by atoms with Crippen molar-refractivity contribution in [2.45, 2.75) is 32.9 Å². The second kappa shape index (κ2) is 7.41. The molecule has 0 aromatic heterocycles. The van der Waals surface area contributed by atoms with Crippen LogP contribution >= 0.6 is 0 Å². The lowest BCUT2D eigenvalue weighted by atomic mass is 10.2. The van der Waals surface area contributed by atoms with Gasteiger partial charge in [-0.3, -0.25) is 0 Å². The average molecular weight is 238 g/mol. The van der Waals surface area contributed by atoms with Crippen molar-refractivity contribution < 1.29 is 4.39 Å². The van der Waals surface area contributed by atoms with Crippen molar-refractivity contribution in [3.05, 3.63) is 35.6 Å². The first-order valence-corrected chi connectivity index (χ1v) is 6.28. The van der Waals surface area contributed by atoms with Crippen LogP contribution in [-0.2, 0) is 6.54 Å². The molecule has 1 atom stereocenters. The minimum absolute atomic E-state index is 0.116. The van der Waals surface area contributed by atoms with Gasteiger partial charge in [0.05, 0.1) is 0 Å². The van der Waals surface area contributed by atoms with Crippen LogP contribution in [0.15, 0.2) is 24.3 Å². The molecule has 17 heavy (non-hydrogen) atoms. The second-order valence-corrected chi connectivity index (χ2v) is 4.59. The lowest BCUT2D eigenvalue weighted by molar-refractivity contribution is 0.312. The van der Waals surface area contributed by atoms with Crippen LogP contribution in [0, 0.1) is 5.82 Å². The highest BCUT2D eigenvalue weighted by molar-refractivity contribution is 5.16. The number of benzene rings is 1. The zero-order chi connectivity index (χ0) is 12.7. The molecule has 0 radical (unpaired) electrons. The van der Waals surface area contributed by atoms with Gasteiger partial charge in [0.25, 0.3) is 0 Å². The molecule has 2 nitrogen and oxygen atoms in total. The molecule has 1 aromatic carbocycles. The Morgan fingerprint density at radius 1 is 1.35 bits per heavy atom. The maximum atomic E-state index is 13.4. The van der Waals surface area contributed by atoms with Gasteiger partial charge in [0.1, 0.15) is 5.82 Å². The van der Waals surface area contributed by atoms with E-state index in [9.17, 15) is 4.39 Å². The summed E-state index contributed by atoms with van der Waals surface area (Å²) in [5.41, 5.74) is 0.763. The summed E-state index contributed by atoms with van der Waals surface area (Å²) in [6.07, 6.45) is 1.14. The van der Waals surface area contributed by atoms with Gasteiger partial charge in [0.2, 0.25) is 0 Å². The van der Waals surface area contributed by atoms with Crippen LogP contribution < -0.4 is 5.32 Å². The minimum Gasteiger partial charge on any atom is -0.313 e. The fraction of sp³-hybridized carbons (Fsp3) is 0.571. The zero-order valence-corrected chi connectivity index (χ0v) is 11.0. The van der Waals surface area contributed by atoms with E-state index in [1.807, 2.05) is 19.2 Å². The first-order valence-electron chi connectivity index (χ1n) is 6.28. The van der Waals surface area contributed by atoms with Crippen molar-refractivity contribution in [1.82, 2.24) is 10.2 Å². The largest absolute Gasteiger partial charge is 0.313 e. The molecule has 0 heterocycles. The summed E-state index contributed by atoms with van der Waals surface area (Å²) < 4.78 is 13.4.